The van der Waals surface area contributed by atoms with Crippen molar-refractivity contribution >= 4 is 11.6 Å². The first-order valence-electron chi connectivity index (χ1n) is 5.25. The second kappa shape index (κ2) is 5.24. The van der Waals surface area contributed by atoms with Gasteiger partial charge < -0.3 is 0 Å². The van der Waals surface area contributed by atoms with E-state index >= 15 is 0 Å². The van der Waals surface area contributed by atoms with Crippen LogP contribution < -0.4 is 0 Å². The maximum atomic E-state index is 5.50. The third-order valence-corrected chi connectivity index (χ3v) is 2.98. The molecular weight excluding hydrogens is 204 g/mol. The third kappa shape index (κ3) is 3.29. The van der Waals surface area contributed by atoms with Gasteiger partial charge in [-0.15, -0.1) is 11.6 Å². The molecule has 0 amide bonds. The monoisotopic (exact) mass is 220 g/mol. The molecule has 0 saturated carbocycles. The Morgan fingerprint density at radius 2 is 1.80 bits per heavy atom. The van der Waals surface area contributed by atoms with Crippen LogP contribution in [0, 0.1) is 11.8 Å². The van der Waals surface area contributed by atoms with Gasteiger partial charge in [-0.3, -0.25) is 0 Å². The van der Waals surface area contributed by atoms with Crippen molar-refractivity contribution < 1.29 is 0 Å². The van der Waals surface area contributed by atoms with Gasteiger partial charge in [0.2, 0.25) is 0 Å². The fraction of sp³-hybridized carbons (Fsp3) is 0.429. The molecule has 1 aromatic carbocycles. The van der Waals surface area contributed by atoms with Crippen molar-refractivity contribution in [2.75, 3.05) is 5.88 Å². The van der Waals surface area contributed by atoms with E-state index in [4.69, 9.17) is 11.6 Å². The van der Waals surface area contributed by atoms with Crippen molar-refractivity contribution in [1.82, 2.24) is 0 Å². The number of alkyl halides is 1. The highest BCUT2D eigenvalue weighted by Crippen LogP contribution is 2.26. The second-order valence-corrected chi connectivity index (χ2v) is 4.52. The SMILES string of the molecule is CCC(C)(C)c1ccc(C#CCCl)cc1. The zero-order valence-corrected chi connectivity index (χ0v) is 10.4. The number of hydrogen-bond donors (Lipinski definition) is 0. The number of halogens is 1. The summed E-state index contributed by atoms with van der Waals surface area (Å²) in [5.74, 6) is 6.25. The molecule has 0 atom stereocenters. The van der Waals surface area contributed by atoms with Crippen LogP contribution in [0.1, 0.15) is 38.3 Å². The van der Waals surface area contributed by atoms with E-state index in [-0.39, 0.29) is 5.41 Å². The molecule has 1 rings (SSSR count). The van der Waals surface area contributed by atoms with E-state index in [1.165, 1.54) is 5.56 Å². The number of benzene rings is 1. The van der Waals surface area contributed by atoms with Gasteiger partial charge >= 0.3 is 0 Å². The Morgan fingerprint density at radius 1 is 1.20 bits per heavy atom. The topological polar surface area (TPSA) is 0 Å². The predicted octanol–water partition coefficient (Wildman–Crippen LogP) is 3.96. The minimum absolute atomic E-state index is 0.248. The molecule has 15 heavy (non-hydrogen) atoms. The van der Waals surface area contributed by atoms with Gasteiger partial charge in [0.1, 0.15) is 0 Å². The van der Waals surface area contributed by atoms with Gasteiger partial charge in [0.25, 0.3) is 0 Å². The molecule has 0 radical (unpaired) electrons. The molecule has 0 nitrogen and oxygen atoms in total. The van der Waals surface area contributed by atoms with Gasteiger partial charge in [0.15, 0.2) is 0 Å². The minimum atomic E-state index is 0.248. The fourth-order valence-corrected chi connectivity index (χ4v) is 1.41. The molecule has 0 aromatic heterocycles. The molecule has 1 heteroatoms. The molecule has 0 fully saturated rings. The highest BCUT2D eigenvalue weighted by atomic mass is 35.5. The molecule has 0 spiro atoms. The van der Waals surface area contributed by atoms with E-state index in [0.29, 0.717) is 5.88 Å². The maximum Gasteiger partial charge on any atom is 0.0839 e. The molecular formula is C14H17Cl. The molecule has 80 valence electrons. The summed E-state index contributed by atoms with van der Waals surface area (Å²) in [5.41, 5.74) is 2.64. The van der Waals surface area contributed by atoms with Gasteiger partial charge in [-0.25, -0.2) is 0 Å². The molecule has 0 heterocycles. The van der Waals surface area contributed by atoms with Gasteiger partial charge in [0.05, 0.1) is 5.88 Å². The van der Waals surface area contributed by atoms with Crippen molar-refractivity contribution in [2.45, 2.75) is 32.6 Å². The van der Waals surface area contributed by atoms with E-state index in [1.54, 1.807) is 0 Å². The van der Waals surface area contributed by atoms with Gasteiger partial charge in [-0.05, 0) is 29.5 Å². The first-order valence-corrected chi connectivity index (χ1v) is 5.79. The molecule has 0 aliphatic rings. The second-order valence-electron chi connectivity index (χ2n) is 4.25. The lowest BCUT2D eigenvalue weighted by atomic mass is 9.82. The molecule has 0 aliphatic heterocycles. The Balaban J connectivity index is 2.90. The number of hydrogen-bond acceptors (Lipinski definition) is 0. The van der Waals surface area contributed by atoms with Crippen LogP contribution in [0.15, 0.2) is 24.3 Å². The Morgan fingerprint density at radius 3 is 2.27 bits per heavy atom. The molecule has 0 N–H and O–H groups in total. The van der Waals surface area contributed by atoms with Gasteiger partial charge in [-0.2, -0.15) is 0 Å². The van der Waals surface area contributed by atoms with E-state index in [9.17, 15) is 0 Å². The summed E-state index contributed by atoms with van der Waals surface area (Å²) in [6.45, 7) is 6.72. The standard InChI is InChI=1S/C14H17Cl/c1-4-14(2,3)13-9-7-12(8-10-13)6-5-11-15/h7-10H,4,11H2,1-3H3. The van der Waals surface area contributed by atoms with Crippen LogP contribution in [0.3, 0.4) is 0 Å². The maximum absolute atomic E-state index is 5.50. The lowest BCUT2D eigenvalue weighted by Gasteiger charge is -2.23. The summed E-state index contributed by atoms with van der Waals surface area (Å²) in [6, 6.07) is 8.43. The smallest absolute Gasteiger partial charge is 0.0839 e. The molecule has 0 saturated heterocycles. The zero-order chi connectivity index (χ0) is 11.3. The summed E-state index contributed by atoms with van der Waals surface area (Å²) in [5, 5.41) is 0. The fourth-order valence-electron chi connectivity index (χ4n) is 1.34. The average Bonchev–Trinajstić information content (AvgIpc) is 2.27. The highest BCUT2D eigenvalue weighted by molar-refractivity contribution is 6.19. The lowest BCUT2D eigenvalue weighted by molar-refractivity contribution is 0.506. The average molecular weight is 221 g/mol. The predicted molar refractivity (Wildman–Crippen MR) is 67.4 cm³/mol. The van der Waals surface area contributed by atoms with E-state index in [0.717, 1.165) is 12.0 Å². The summed E-state index contributed by atoms with van der Waals surface area (Å²) in [7, 11) is 0. The van der Waals surface area contributed by atoms with Crippen molar-refractivity contribution in [3.63, 3.8) is 0 Å². The van der Waals surface area contributed by atoms with Crippen LogP contribution in [-0.4, -0.2) is 5.88 Å². The van der Waals surface area contributed by atoms with Crippen LogP contribution in [0.4, 0.5) is 0 Å². The van der Waals surface area contributed by atoms with Crippen molar-refractivity contribution in [1.29, 1.82) is 0 Å². The normalized spacial score (nSPS) is 10.7. The molecule has 0 bridgehead atoms. The van der Waals surface area contributed by atoms with Gasteiger partial charge in [-0.1, -0.05) is 44.7 Å². The molecule has 0 aliphatic carbocycles. The Kier molecular flexibility index (Phi) is 4.24. The first-order chi connectivity index (χ1) is 7.10. The Labute approximate surface area is 97.7 Å². The zero-order valence-electron chi connectivity index (χ0n) is 9.60. The third-order valence-electron chi connectivity index (χ3n) is 2.85. The van der Waals surface area contributed by atoms with Crippen molar-refractivity contribution in [3.8, 4) is 11.8 Å². The largest absolute Gasteiger partial charge is 0.113 e. The minimum Gasteiger partial charge on any atom is -0.113 e. The summed E-state index contributed by atoms with van der Waals surface area (Å²) in [4.78, 5) is 0. The summed E-state index contributed by atoms with van der Waals surface area (Å²) < 4.78 is 0. The first kappa shape index (κ1) is 12.1. The van der Waals surface area contributed by atoms with Crippen molar-refractivity contribution in [2.24, 2.45) is 0 Å². The van der Waals surface area contributed by atoms with Crippen LogP contribution in [0.25, 0.3) is 0 Å². The lowest BCUT2D eigenvalue weighted by Crippen LogP contribution is -2.14. The Bertz CT molecular complexity index is 363. The van der Waals surface area contributed by atoms with E-state index in [1.807, 2.05) is 0 Å². The quantitative estimate of drug-likeness (QED) is 0.523. The molecule has 0 unspecified atom stereocenters. The number of rotatable bonds is 2. The summed E-state index contributed by atoms with van der Waals surface area (Å²) >= 11 is 5.50. The van der Waals surface area contributed by atoms with Gasteiger partial charge in [0, 0.05) is 5.56 Å². The van der Waals surface area contributed by atoms with Crippen molar-refractivity contribution in [3.05, 3.63) is 35.4 Å². The van der Waals surface area contributed by atoms with E-state index < -0.39 is 0 Å². The van der Waals surface area contributed by atoms with E-state index in [2.05, 4.69) is 56.9 Å². The van der Waals surface area contributed by atoms with Crippen LogP contribution in [-0.2, 0) is 5.41 Å². The van der Waals surface area contributed by atoms with Crippen LogP contribution in [0.5, 0.6) is 0 Å². The van der Waals surface area contributed by atoms with Crippen LogP contribution >= 0.6 is 11.6 Å². The molecule has 1 aromatic rings. The van der Waals surface area contributed by atoms with Crippen LogP contribution in [0.2, 0.25) is 0 Å². The summed E-state index contributed by atoms with van der Waals surface area (Å²) in [6.07, 6.45) is 1.14. The highest BCUT2D eigenvalue weighted by Gasteiger charge is 2.16. The Hall–Kier alpha value is -0.930.